The largest absolute Gasteiger partial charge is 0.416 e. The van der Waals surface area contributed by atoms with Crippen molar-refractivity contribution in [3.63, 3.8) is 0 Å². The molecule has 0 saturated heterocycles. The van der Waals surface area contributed by atoms with Crippen LogP contribution in [0.2, 0.25) is 0 Å². The van der Waals surface area contributed by atoms with Crippen LogP contribution in [0.4, 0.5) is 13.2 Å². The quantitative estimate of drug-likeness (QED) is 0.411. The lowest BCUT2D eigenvalue weighted by Gasteiger charge is -2.44. The molecule has 0 aliphatic heterocycles. The summed E-state index contributed by atoms with van der Waals surface area (Å²) in [6.45, 7) is -0.100. The van der Waals surface area contributed by atoms with Crippen LogP contribution in [0.1, 0.15) is 35.1 Å². The number of nitrogens with one attached hydrogen (secondary N) is 1. The van der Waals surface area contributed by atoms with E-state index in [4.69, 9.17) is 14.2 Å². The highest BCUT2D eigenvalue weighted by molar-refractivity contribution is 5.85. The summed E-state index contributed by atoms with van der Waals surface area (Å²) < 4.78 is 56.2. The first-order valence-electron chi connectivity index (χ1n) is 11.6. The van der Waals surface area contributed by atoms with Gasteiger partial charge in [-0.1, -0.05) is 30.3 Å². The van der Waals surface area contributed by atoms with Crippen molar-refractivity contribution in [3.8, 4) is 6.07 Å². The summed E-state index contributed by atoms with van der Waals surface area (Å²) in [6.07, 6.45) is -8.87. The summed E-state index contributed by atoms with van der Waals surface area (Å²) in [5, 5.41) is 33.2. The Kier molecular flexibility index (Phi) is 9.64. The minimum absolute atomic E-state index is 0.0762. The zero-order valence-corrected chi connectivity index (χ0v) is 20.2. The van der Waals surface area contributed by atoms with Gasteiger partial charge < -0.3 is 29.7 Å². The van der Waals surface area contributed by atoms with Gasteiger partial charge in [-0.3, -0.25) is 4.79 Å². The summed E-state index contributed by atoms with van der Waals surface area (Å²) >= 11 is 0. The van der Waals surface area contributed by atoms with E-state index < -0.39 is 41.6 Å². The van der Waals surface area contributed by atoms with E-state index in [9.17, 15) is 33.4 Å². The van der Waals surface area contributed by atoms with Crippen molar-refractivity contribution in [3.05, 3.63) is 70.8 Å². The number of hydrogen-bond donors (Lipinski definition) is 3. The zero-order chi connectivity index (χ0) is 27.1. The smallest absolute Gasteiger partial charge is 0.390 e. The second-order valence-electron chi connectivity index (χ2n) is 8.81. The average molecular weight is 523 g/mol. The molecule has 2 aromatic carbocycles. The standard InChI is InChI=1S/C26H29F3N2O6/c1-35-10-9-31-24(34)25(37-15-17-5-4-8-20(11-17)26(27,28)29)12-21(32)23(33)22(13-25)36-16-19-7-3-2-6-18(19)14-30/h2-8,11,21-23,32-33H,9-10,12-13,15-16H2,1H3,(H,31,34)/t21-,22+,23-,25+/m1/s1. The molecule has 0 bridgehead atoms. The second-order valence-corrected chi connectivity index (χ2v) is 8.81. The lowest BCUT2D eigenvalue weighted by Crippen LogP contribution is -2.60. The Bertz CT molecular complexity index is 1110. The lowest BCUT2D eigenvalue weighted by atomic mass is 9.78. The van der Waals surface area contributed by atoms with E-state index in [1.807, 2.05) is 6.07 Å². The topological polar surface area (TPSA) is 121 Å². The number of amides is 1. The predicted molar refractivity (Wildman–Crippen MR) is 125 cm³/mol. The third kappa shape index (κ3) is 7.28. The molecule has 0 aromatic heterocycles. The van der Waals surface area contributed by atoms with Crippen LogP contribution in [-0.2, 0) is 38.4 Å². The van der Waals surface area contributed by atoms with Gasteiger partial charge in [-0.05, 0) is 29.3 Å². The summed E-state index contributed by atoms with van der Waals surface area (Å²) in [5.74, 6) is -0.617. The van der Waals surface area contributed by atoms with Crippen molar-refractivity contribution in [1.29, 1.82) is 5.26 Å². The van der Waals surface area contributed by atoms with Crippen molar-refractivity contribution in [1.82, 2.24) is 5.32 Å². The molecule has 1 amide bonds. The van der Waals surface area contributed by atoms with Gasteiger partial charge in [0.05, 0.1) is 49.2 Å². The lowest BCUT2D eigenvalue weighted by molar-refractivity contribution is -0.200. The number of aliphatic hydroxyl groups is 2. The van der Waals surface area contributed by atoms with E-state index in [0.717, 1.165) is 12.1 Å². The van der Waals surface area contributed by atoms with Crippen molar-refractivity contribution >= 4 is 5.91 Å². The van der Waals surface area contributed by atoms with E-state index in [0.29, 0.717) is 11.1 Å². The Morgan fingerprint density at radius 1 is 1.16 bits per heavy atom. The molecular formula is C26H29F3N2O6. The second kappa shape index (κ2) is 12.5. The Morgan fingerprint density at radius 2 is 1.92 bits per heavy atom. The number of ether oxygens (including phenoxy) is 3. The Labute approximate surface area is 212 Å². The van der Waals surface area contributed by atoms with Crippen LogP contribution >= 0.6 is 0 Å². The van der Waals surface area contributed by atoms with Crippen LogP contribution < -0.4 is 5.32 Å². The highest BCUT2D eigenvalue weighted by Crippen LogP contribution is 2.36. The molecule has 3 N–H and O–H groups in total. The maximum Gasteiger partial charge on any atom is 0.416 e. The number of nitriles is 1. The maximum atomic E-state index is 13.3. The average Bonchev–Trinajstić information content (AvgIpc) is 2.88. The van der Waals surface area contributed by atoms with Crippen molar-refractivity contribution in [2.75, 3.05) is 20.3 Å². The molecule has 200 valence electrons. The Morgan fingerprint density at radius 3 is 2.62 bits per heavy atom. The minimum atomic E-state index is -4.55. The van der Waals surface area contributed by atoms with E-state index in [2.05, 4.69) is 5.32 Å². The molecular weight excluding hydrogens is 493 g/mol. The third-order valence-electron chi connectivity index (χ3n) is 6.21. The van der Waals surface area contributed by atoms with E-state index in [1.54, 1.807) is 24.3 Å². The number of methoxy groups -OCH3 is 1. The molecule has 1 saturated carbocycles. The molecule has 3 rings (SSSR count). The summed E-state index contributed by atoms with van der Waals surface area (Å²) in [4.78, 5) is 13.3. The molecule has 0 spiro atoms. The van der Waals surface area contributed by atoms with Gasteiger partial charge in [0.15, 0.2) is 5.60 Å². The van der Waals surface area contributed by atoms with Gasteiger partial charge in [0.1, 0.15) is 6.10 Å². The first-order valence-corrected chi connectivity index (χ1v) is 11.6. The number of hydrogen-bond acceptors (Lipinski definition) is 7. The summed E-state index contributed by atoms with van der Waals surface area (Å²) in [6, 6.07) is 13.3. The fourth-order valence-electron chi connectivity index (χ4n) is 4.20. The first-order chi connectivity index (χ1) is 17.6. The first kappa shape index (κ1) is 28.6. The van der Waals surface area contributed by atoms with Gasteiger partial charge in [-0.2, -0.15) is 18.4 Å². The van der Waals surface area contributed by atoms with E-state index >= 15 is 0 Å². The molecule has 37 heavy (non-hydrogen) atoms. The number of benzene rings is 2. The highest BCUT2D eigenvalue weighted by Gasteiger charge is 2.51. The van der Waals surface area contributed by atoms with Gasteiger partial charge in [-0.25, -0.2) is 0 Å². The number of carbonyl (C=O) groups excluding carboxylic acids is 1. The third-order valence-corrected chi connectivity index (χ3v) is 6.21. The van der Waals surface area contributed by atoms with E-state index in [1.165, 1.54) is 19.2 Å². The van der Waals surface area contributed by atoms with Gasteiger partial charge in [-0.15, -0.1) is 0 Å². The van der Waals surface area contributed by atoms with Crippen molar-refractivity contribution in [2.45, 2.75) is 56.1 Å². The van der Waals surface area contributed by atoms with Gasteiger partial charge in [0.25, 0.3) is 5.91 Å². The maximum absolute atomic E-state index is 13.3. The number of halogens is 3. The van der Waals surface area contributed by atoms with Crippen LogP contribution in [0, 0.1) is 11.3 Å². The van der Waals surface area contributed by atoms with Crippen molar-refractivity contribution < 1.29 is 42.4 Å². The molecule has 0 radical (unpaired) electrons. The number of rotatable bonds is 10. The van der Waals surface area contributed by atoms with Crippen LogP contribution in [-0.4, -0.2) is 60.3 Å². The van der Waals surface area contributed by atoms with Crippen LogP contribution in [0.3, 0.4) is 0 Å². The monoisotopic (exact) mass is 522 g/mol. The predicted octanol–water partition coefficient (Wildman–Crippen LogP) is 2.70. The molecule has 4 atom stereocenters. The van der Waals surface area contributed by atoms with Gasteiger partial charge in [0.2, 0.25) is 0 Å². The number of carbonyl (C=O) groups is 1. The number of nitrogens with zero attached hydrogens (tertiary/aromatic N) is 1. The molecule has 11 heteroatoms. The fraction of sp³-hybridized carbons (Fsp3) is 0.462. The van der Waals surface area contributed by atoms with Crippen LogP contribution in [0.15, 0.2) is 48.5 Å². The van der Waals surface area contributed by atoms with E-state index in [-0.39, 0.29) is 44.8 Å². The molecule has 0 unspecified atom stereocenters. The molecule has 1 fully saturated rings. The fourth-order valence-corrected chi connectivity index (χ4v) is 4.20. The Hall–Kier alpha value is -3.01. The minimum Gasteiger partial charge on any atom is -0.390 e. The molecule has 1 aliphatic rings. The molecule has 0 heterocycles. The molecule has 8 nitrogen and oxygen atoms in total. The Balaban J connectivity index is 1.83. The summed E-state index contributed by atoms with van der Waals surface area (Å²) in [5.41, 5.74) is -1.46. The SMILES string of the molecule is COCCNC(=O)[C@]1(OCc2cccc(C(F)(F)F)c2)C[C@@H](O)[C@@H](O)[C@@H](OCc2ccccc2C#N)C1. The highest BCUT2D eigenvalue weighted by atomic mass is 19.4. The zero-order valence-electron chi connectivity index (χ0n) is 20.2. The number of aliphatic hydroxyl groups excluding tert-OH is 2. The van der Waals surface area contributed by atoms with Gasteiger partial charge >= 0.3 is 6.18 Å². The van der Waals surface area contributed by atoms with Crippen LogP contribution in [0.25, 0.3) is 0 Å². The number of alkyl halides is 3. The van der Waals surface area contributed by atoms with Crippen molar-refractivity contribution in [2.24, 2.45) is 0 Å². The summed E-state index contributed by atoms with van der Waals surface area (Å²) in [7, 11) is 1.45. The van der Waals surface area contributed by atoms with Crippen LogP contribution in [0.5, 0.6) is 0 Å². The van der Waals surface area contributed by atoms with Gasteiger partial charge in [0, 0.05) is 26.5 Å². The molecule has 1 aliphatic carbocycles. The normalized spacial score (nSPS) is 23.9. The molecule has 2 aromatic rings.